The van der Waals surface area contributed by atoms with Gasteiger partial charge in [0, 0.05) is 30.0 Å². The smallest absolute Gasteiger partial charge is 0.258 e. The third-order valence-electron chi connectivity index (χ3n) is 3.41. The Bertz CT molecular complexity index is 776. The summed E-state index contributed by atoms with van der Waals surface area (Å²) in [7, 11) is -1.56. The normalized spacial score (nSPS) is 21.2. The van der Waals surface area contributed by atoms with Crippen molar-refractivity contribution in [1.29, 1.82) is 0 Å². The zero-order valence-electron chi connectivity index (χ0n) is 10.9. The lowest BCUT2D eigenvalue weighted by Crippen LogP contribution is -2.17. The number of rotatable bonds is 3. The van der Waals surface area contributed by atoms with Crippen molar-refractivity contribution in [2.75, 3.05) is 0 Å². The predicted molar refractivity (Wildman–Crippen MR) is 75.8 cm³/mol. The first-order chi connectivity index (χ1) is 10.2. The molecule has 0 radical (unpaired) electrons. The van der Waals surface area contributed by atoms with Crippen LogP contribution in [0.4, 0.5) is 0 Å². The van der Waals surface area contributed by atoms with Crippen LogP contribution in [0.15, 0.2) is 30.9 Å². The minimum atomic E-state index is -1.56. The van der Waals surface area contributed by atoms with Crippen molar-refractivity contribution in [3.8, 4) is 11.3 Å². The SMILES string of the molecule is O=C1C=C(n2cc(-c3cnc(C4CC4)cn3)cn2)S(=O)N1. The molecule has 2 aromatic rings. The maximum atomic E-state index is 11.7. The lowest BCUT2D eigenvalue weighted by atomic mass is 10.2. The van der Waals surface area contributed by atoms with Gasteiger partial charge >= 0.3 is 0 Å². The number of aromatic nitrogens is 4. The van der Waals surface area contributed by atoms with Crippen molar-refractivity contribution in [3.05, 3.63) is 36.6 Å². The zero-order valence-corrected chi connectivity index (χ0v) is 11.7. The molecule has 1 aliphatic carbocycles. The molecular formula is C13H11N5O2S. The van der Waals surface area contributed by atoms with Crippen molar-refractivity contribution in [3.63, 3.8) is 0 Å². The summed E-state index contributed by atoms with van der Waals surface area (Å²) in [6, 6.07) is 0. The summed E-state index contributed by atoms with van der Waals surface area (Å²) in [5, 5.41) is 4.44. The molecule has 0 aromatic carbocycles. The van der Waals surface area contributed by atoms with E-state index in [1.165, 1.54) is 23.6 Å². The van der Waals surface area contributed by atoms with E-state index in [1.807, 2.05) is 0 Å². The summed E-state index contributed by atoms with van der Waals surface area (Å²) >= 11 is 0. The predicted octanol–water partition coefficient (Wildman–Crippen LogP) is 0.809. The Morgan fingerprint density at radius 1 is 1.24 bits per heavy atom. The molecule has 0 spiro atoms. The van der Waals surface area contributed by atoms with Gasteiger partial charge in [-0.15, -0.1) is 0 Å². The molecule has 2 aromatic heterocycles. The fourth-order valence-corrected chi connectivity index (χ4v) is 2.97. The van der Waals surface area contributed by atoms with Crippen LogP contribution >= 0.6 is 0 Å². The molecule has 1 N–H and O–H groups in total. The van der Waals surface area contributed by atoms with E-state index in [-0.39, 0.29) is 5.91 Å². The topological polar surface area (TPSA) is 89.8 Å². The van der Waals surface area contributed by atoms with Gasteiger partial charge in [-0.25, -0.2) is 8.89 Å². The van der Waals surface area contributed by atoms with E-state index in [2.05, 4.69) is 19.8 Å². The molecule has 0 saturated heterocycles. The first-order valence-electron chi connectivity index (χ1n) is 6.52. The Hall–Kier alpha value is -2.35. The first-order valence-corrected chi connectivity index (χ1v) is 7.67. The number of hydrogen-bond acceptors (Lipinski definition) is 5. The van der Waals surface area contributed by atoms with Crippen LogP contribution in [-0.4, -0.2) is 29.9 Å². The van der Waals surface area contributed by atoms with Crippen LogP contribution in [0.1, 0.15) is 24.5 Å². The maximum absolute atomic E-state index is 11.7. The monoisotopic (exact) mass is 301 g/mol. The third-order valence-corrected chi connectivity index (χ3v) is 4.48. The standard InChI is InChI=1S/C13H11N5O2S/c19-12-3-13(21(20)17-12)18-7-9(4-16-18)11-6-14-10(5-15-11)8-1-2-8/h3-8H,1-2H2,(H,17,19). The number of hydrogen-bond donors (Lipinski definition) is 1. The lowest BCUT2D eigenvalue weighted by molar-refractivity contribution is -0.114. The highest BCUT2D eigenvalue weighted by Gasteiger charge is 2.25. The molecule has 1 saturated carbocycles. The molecule has 2 aliphatic rings. The molecule has 4 rings (SSSR count). The molecular weight excluding hydrogens is 290 g/mol. The molecule has 1 fully saturated rings. The van der Waals surface area contributed by atoms with Gasteiger partial charge in [-0.1, -0.05) is 0 Å². The number of carbonyl (C=O) groups is 1. The van der Waals surface area contributed by atoms with Crippen molar-refractivity contribution in [1.82, 2.24) is 24.5 Å². The van der Waals surface area contributed by atoms with Gasteiger partial charge in [-0.05, 0) is 12.8 Å². The van der Waals surface area contributed by atoms with Gasteiger partial charge in [0.25, 0.3) is 5.91 Å². The molecule has 106 valence electrons. The summed E-state index contributed by atoms with van der Waals surface area (Å²) < 4.78 is 15.4. The molecule has 0 bridgehead atoms. The van der Waals surface area contributed by atoms with E-state index < -0.39 is 11.0 Å². The number of amides is 1. The minimum Gasteiger partial charge on any atom is -0.269 e. The Morgan fingerprint density at radius 2 is 2.10 bits per heavy atom. The Morgan fingerprint density at radius 3 is 2.71 bits per heavy atom. The van der Waals surface area contributed by atoms with Crippen LogP contribution in [0.5, 0.6) is 0 Å². The average molecular weight is 301 g/mol. The van der Waals surface area contributed by atoms with E-state index in [0.29, 0.717) is 16.6 Å². The highest BCUT2D eigenvalue weighted by Crippen LogP contribution is 2.38. The molecule has 21 heavy (non-hydrogen) atoms. The second-order valence-corrected chi connectivity index (χ2v) is 6.15. The maximum Gasteiger partial charge on any atom is 0.258 e. The number of nitrogens with one attached hydrogen (secondary N) is 1. The molecule has 7 nitrogen and oxygen atoms in total. The molecule has 1 aliphatic heterocycles. The highest BCUT2D eigenvalue weighted by atomic mass is 32.2. The number of carbonyl (C=O) groups excluding carboxylic acids is 1. The molecule has 1 amide bonds. The first kappa shape index (κ1) is 12.4. The average Bonchev–Trinajstić information content (AvgIpc) is 3.12. The van der Waals surface area contributed by atoms with Crippen molar-refractivity contribution in [2.45, 2.75) is 18.8 Å². The fourth-order valence-electron chi connectivity index (χ4n) is 2.14. The molecule has 1 atom stereocenters. The Kier molecular flexibility index (Phi) is 2.71. The fraction of sp³-hybridized carbons (Fsp3) is 0.231. The van der Waals surface area contributed by atoms with Gasteiger partial charge in [0.2, 0.25) is 0 Å². The van der Waals surface area contributed by atoms with Crippen LogP contribution < -0.4 is 4.72 Å². The van der Waals surface area contributed by atoms with Gasteiger partial charge < -0.3 is 0 Å². The molecule has 8 heteroatoms. The summed E-state index contributed by atoms with van der Waals surface area (Å²) in [5.74, 6) is 0.186. The molecule has 3 heterocycles. The Balaban J connectivity index is 1.63. The van der Waals surface area contributed by atoms with Crippen molar-refractivity contribution >= 4 is 21.9 Å². The van der Waals surface area contributed by atoms with Crippen LogP contribution in [0, 0.1) is 0 Å². The van der Waals surface area contributed by atoms with E-state index in [0.717, 1.165) is 11.3 Å². The second-order valence-electron chi connectivity index (χ2n) is 4.99. The van der Waals surface area contributed by atoms with Crippen LogP contribution in [0.2, 0.25) is 0 Å². The van der Waals surface area contributed by atoms with E-state index >= 15 is 0 Å². The minimum absolute atomic E-state index is 0.314. The van der Waals surface area contributed by atoms with Gasteiger partial charge in [-0.2, -0.15) is 5.10 Å². The summed E-state index contributed by atoms with van der Waals surface area (Å²) in [5.41, 5.74) is 2.50. The van der Waals surface area contributed by atoms with Gasteiger partial charge in [0.15, 0.2) is 16.0 Å². The number of nitrogens with zero attached hydrogens (tertiary/aromatic N) is 4. The highest BCUT2D eigenvalue weighted by molar-refractivity contribution is 7.93. The lowest BCUT2D eigenvalue weighted by Gasteiger charge is -2.00. The zero-order chi connectivity index (χ0) is 14.4. The van der Waals surface area contributed by atoms with Gasteiger partial charge in [0.05, 0.1) is 23.8 Å². The van der Waals surface area contributed by atoms with Crippen LogP contribution in [-0.2, 0) is 15.8 Å². The van der Waals surface area contributed by atoms with E-state index in [1.54, 1.807) is 24.8 Å². The summed E-state index contributed by atoms with van der Waals surface area (Å²) in [4.78, 5) is 20.0. The van der Waals surface area contributed by atoms with Crippen molar-refractivity contribution in [2.24, 2.45) is 0 Å². The summed E-state index contributed by atoms with van der Waals surface area (Å²) in [6.07, 6.45) is 10.5. The van der Waals surface area contributed by atoms with Crippen LogP contribution in [0.3, 0.4) is 0 Å². The van der Waals surface area contributed by atoms with Crippen LogP contribution in [0.25, 0.3) is 16.3 Å². The third kappa shape index (κ3) is 2.27. The Labute approximate surface area is 122 Å². The second kappa shape index (κ2) is 4.59. The van der Waals surface area contributed by atoms with Gasteiger partial charge in [0.1, 0.15) is 0 Å². The van der Waals surface area contributed by atoms with Gasteiger partial charge in [-0.3, -0.25) is 19.5 Å². The van der Waals surface area contributed by atoms with E-state index in [9.17, 15) is 9.00 Å². The summed E-state index contributed by atoms with van der Waals surface area (Å²) in [6.45, 7) is 0. The van der Waals surface area contributed by atoms with E-state index in [4.69, 9.17) is 0 Å². The van der Waals surface area contributed by atoms with Crippen molar-refractivity contribution < 1.29 is 9.00 Å². The molecule has 1 unspecified atom stereocenters. The quantitative estimate of drug-likeness (QED) is 0.906. The largest absolute Gasteiger partial charge is 0.269 e.